The van der Waals surface area contributed by atoms with Crippen LogP contribution in [0.15, 0.2) is 22.8 Å². The Bertz CT molecular complexity index is 543. The Balaban J connectivity index is 2.28. The predicted molar refractivity (Wildman–Crippen MR) is 56.2 cm³/mol. The summed E-state index contributed by atoms with van der Waals surface area (Å²) in [5.41, 5.74) is 0. The van der Waals surface area contributed by atoms with Crippen LogP contribution in [-0.4, -0.2) is 23.4 Å². The normalized spacial score (nSPS) is 11.5. The van der Waals surface area contributed by atoms with Gasteiger partial charge in [0.1, 0.15) is 5.82 Å². The molecule has 0 bridgehead atoms. The van der Waals surface area contributed by atoms with Gasteiger partial charge in [-0.3, -0.25) is 4.72 Å². The number of anilines is 1. The van der Waals surface area contributed by atoms with Crippen LogP contribution in [0.25, 0.3) is 0 Å². The number of nitrogens with one attached hydrogen (secondary N) is 2. The zero-order valence-corrected chi connectivity index (χ0v) is 9.39. The van der Waals surface area contributed by atoms with Crippen LogP contribution in [-0.2, 0) is 10.0 Å². The maximum Gasteiger partial charge on any atom is 0.280 e. The zero-order chi connectivity index (χ0) is 10.9. The molecule has 8 heteroatoms. The maximum atomic E-state index is 11.7. The number of aromatic nitrogens is 3. The molecule has 2 heterocycles. The minimum Gasteiger partial charge on any atom is -0.332 e. The highest BCUT2D eigenvalue weighted by molar-refractivity contribution is 7.92. The van der Waals surface area contributed by atoms with E-state index in [-0.39, 0.29) is 5.03 Å². The van der Waals surface area contributed by atoms with Crippen LogP contribution in [0.1, 0.15) is 5.82 Å². The molecule has 0 aliphatic rings. The number of nitrogens with zero attached hydrogens (tertiary/aromatic N) is 2. The number of aryl methyl sites for hydroxylation is 1. The number of hydrogen-bond acceptors (Lipinski definition) is 5. The van der Waals surface area contributed by atoms with Crippen molar-refractivity contribution < 1.29 is 8.42 Å². The SMILES string of the molecule is Cc1ncc(S(=O)(=O)Nc2nccs2)[nH]1. The largest absolute Gasteiger partial charge is 0.332 e. The first-order valence-electron chi connectivity index (χ1n) is 4.02. The van der Waals surface area contributed by atoms with Gasteiger partial charge in [0.25, 0.3) is 10.0 Å². The summed E-state index contributed by atoms with van der Waals surface area (Å²) < 4.78 is 25.7. The molecule has 80 valence electrons. The van der Waals surface area contributed by atoms with Crippen LogP contribution in [0.3, 0.4) is 0 Å². The summed E-state index contributed by atoms with van der Waals surface area (Å²) in [5.74, 6) is 0.550. The summed E-state index contributed by atoms with van der Waals surface area (Å²) in [7, 11) is -3.58. The van der Waals surface area contributed by atoms with Crippen molar-refractivity contribution in [3.8, 4) is 0 Å². The minimum absolute atomic E-state index is 0.0372. The van der Waals surface area contributed by atoms with Crippen molar-refractivity contribution in [3.05, 3.63) is 23.6 Å². The molecule has 2 rings (SSSR count). The molecule has 0 amide bonds. The minimum atomic E-state index is -3.58. The van der Waals surface area contributed by atoms with E-state index in [1.165, 1.54) is 23.7 Å². The molecule has 6 nitrogen and oxygen atoms in total. The second-order valence-electron chi connectivity index (χ2n) is 2.78. The lowest BCUT2D eigenvalue weighted by atomic mass is 10.8. The number of sulfonamides is 1. The molecule has 0 atom stereocenters. The molecule has 0 fully saturated rings. The van der Waals surface area contributed by atoms with Gasteiger partial charge in [-0.2, -0.15) is 8.42 Å². The number of imidazole rings is 1. The topological polar surface area (TPSA) is 87.7 Å². The van der Waals surface area contributed by atoms with Crippen molar-refractivity contribution in [1.29, 1.82) is 0 Å². The van der Waals surface area contributed by atoms with Gasteiger partial charge in [-0.1, -0.05) is 0 Å². The fraction of sp³-hybridized carbons (Fsp3) is 0.143. The zero-order valence-electron chi connectivity index (χ0n) is 7.76. The number of aromatic amines is 1. The van der Waals surface area contributed by atoms with Crippen LogP contribution in [0.4, 0.5) is 5.13 Å². The Labute approximate surface area is 90.5 Å². The van der Waals surface area contributed by atoms with Crippen molar-refractivity contribution >= 4 is 26.5 Å². The van der Waals surface area contributed by atoms with Gasteiger partial charge in [0.15, 0.2) is 10.2 Å². The predicted octanol–water partition coefficient (Wildman–Crippen LogP) is 0.975. The van der Waals surface area contributed by atoms with Gasteiger partial charge in [-0.15, -0.1) is 11.3 Å². The van der Waals surface area contributed by atoms with Crippen LogP contribution < -0.4 is 4.72 Å². The van der Waals surface area contributed by atoms with Crippen molar-refractivity contribution in [2.45, 2.75) is 11.9 Å². The average Bonchev–Trinajstić information content (AvgIpc) is 2.75. The third-order valence-corrected chi connectivity index (χ3v) is 3.69. The van der Waals surface area contributed by atoms with E-state index in [0.29, 0.717) is 11.0 Å². The molecule has 15 heavy (non-hydrogen) atoms. The van der Waals surface area contributed by atoms with Gasteiger partial charge >= 0.3 is 0 Å². The lowest BCUT2D eigenvalue weighted by Gasteiger charge is -2.00. The molecule has 0 aliphatic carbocycles. The van der Waals surface area contributed by atoms with Crippen molar-refractivity contribution in [2.24, 2.45) is 0 Å². The van der Waals surface area contributed by atoms with Crippen molar-refractivity contribution in [3.63, 3.8) is 0 Å². The highest BCUT2D eigenvalue weighted by Crippen LogP contribution is 2.16. The van der Waals surface area contributed by atoms with Crippen LogP contribution in [0.2, 0.25) is 0 Å². The maximum absolute atomic E-state index is 11.7. The number of H-pyrrole nitrogens is 1. The van der Waals surface area contributed by atoms with E-state index in [9.17, 15) is 8.42 Å². The van der Waals surface area contributed by atoms with E-state index in [4.69, 9.17) is 0 Å². The first-order chi connectivity index (χ1) is 7.08. The fourth-order valence-corrected chi connectivity index (χ4v) is 2.74. The van der Waals surface area contributed by atoms with Gasteiger partial charge in [0.05, 0.1) is 6.20 Å². The Morgan fingerprint density at radius 1 is 1.47 bits per heavy atom. The van der Waals surface area contributed by atoms with Crippen LogP contribution >= 0.6 is 11.3 Å². The first kappa shape index (κ1) is 10.1. The summed E-state index contributed by atoms with van der Waals surface area (Å²) >= 11 is 1.22. The number of hydrogen-bond donors (Lipinski definition) is 2. The molecular weight excluding hydrogens is 236 g/mol. The summed E-state index contributed by atoms with van der Waals surface area (Å²) in [5, 5.41) is 2.06. The van der Waals surface area contributed by atoms with Crippen LogP contribution in [0.5, 0.6) is 0 Å². The molecule has 0 radical (unpaired) electrons. The number of rotatable bonds is 3. The third-order valence-electron chi connectivity index (χ3n) is 1.62. The molecular formula is C7H8N4O2S2. The second-order valence-corrected chi connectivity index (χ2v) is 5.32. The molecule has 2 aromatic rings. The van der Waals surface area contributed by atoms with Crippen LogP contribution in [0, 0.1) is 6.92 Å². The van der Waals surface area contributed by atoms with Gasteiger partial charge in [0.2, 0.25) is 0 Å². The molecule has 0 spiro atoms. The second kappa shape index (κ2) is 3.63. The van der Waals surface area contributed by atoms with E-state index >= 15 is 0 Å². The lowest BCUT2D eigenvalue weighted by Crippen LogP contribution is -2.13. The summed E-state index contributed by atoms with van der Waals surface area (Å²) in [6.07, 6.45) is 2.80. The van der Waals surface area contributed by atoms with Crippen molar-refractivity contribution in [2.75, 3.05) is 4.72 Å². The highest BCUT2D eigenvalue weighted by Gasteiger charge is 2.17. The van der Waals surface area contributed by atoms with Gasteiger partial charge in [-0.25, -0.2) is 9.97 Å². The standard InChI is InChI=1S/C7H8N4O2S2/c1-5-9-4-6(10-5)15(12,13)11-7-8-2-3-14-7/h2-4H,1H3,(H,8,11)(H,9,10). The summed E-state index contributed by atoms with van der Waals surface area (Å²) in [4.78, 5) is 10.3. The molecule has 2 aromatic heterocycles. The summed E-state index contributed by atoms with van der Waals surface area (Å²) in [6, 6.07) is 0. The van der Waals surface area contributed by atoms with Gasteiger partial charge < -0.3 is 4.98 Å². The monoisotopic (exact) mass is 244 g/mol. The highest BCUT2D eigenvalue weighted by atomic mass is 32.2. The fourth-order valence-electron chi connectivity index (χ4n) is 0.979. The van der Waals surface area contributed by atoms with E-state index < -0.39 is 10.0 Å². The molecule has 0 unspecified atom stereocenters. The van der Waals surface area contributed by atoms with Gasteiger partial charge in [0, 0.05) is 11.6 Å². The average molecular weight is 244 g/mol. The molecule has 2 N–H and O–H groups in total. The Hall–Kier alpha value is -1.41. The van der Waals surface area contributed by atoms with E-state index in [1.807, 2.05) is 0 Å². The lowest BCUT2D eigenvalue weighted by molar-refractivity contribution is 0.598. The Morgan fingerprint density at radius 2 is 2.27 bits per heavy atom. The van der Waals surface area contributed by atoms with E-state index in [2.05, 4.69) is 19.7 Å². The third kappa shape index (κ3) is 2.16. The molecule has 0 aliphatic heterocycles. The summed E-state index contributed by atoms with van der Waals surface area (Å²) in [6.45, 7) is 1.68. The molecule has 0 saturated carbocycles. The number of thiazole rings is 1. The first-order valence-corrected chi connectivity index (χ1v) is 6.38. The quantitative estimate of drug-likeness (QED) is 0.842. The molecule has 0 aromatic carbocycles. The smallest absolute Gasteiger partial charge is 0.280 e. The van der Waals surface area contributed by atoms with E-state index in [1.54, 1.807) is 12.3 Å². The Kier molecular flexibility index (Phi) is 2.45. The molecule has 0 saturated heterocycles. The van der Waals surface area contributed by atoms with E-state index in [0.717, 1.165) is 0 Å². The van der Waals surface area contributed by atoms with Crippen molar-refractivity contribution in [1.82, 2.24) is 15.0 Å². The van der Waals surface area contributed by atoms with Gasteiger partial charge in [-0.05, 0) is 6.92 Å². The Morgan fingerprint density at radius 3 is 2.80 bits per heavy atom.